The van der Waals surface area contributed by atoms with Gasteiger partial charge in [0.2, 0.25) is 5.89 Å². The Balaban J connectivity index is 1.67. The molecule has 0 spiro atoms. The van der Waals surface area contributed by atoms with E-state index in [9.17, 15) is 9.90 Å². The van der Waals surface area contributed by atoms with Gasteiger partial charge in [-0.1, -0.05) is 0 Å². The minimum absolute atomic E-state index is 0.223. The van der Waals surface area contributed by atoms with Crippen molar-refractivity contribution in [2.24, 2.45) is 0 Å². The lowest BCUT2D eigenvalue weighted by molar-refractivity contribution is -0.149. The molecule has 0 unspecified atom stereocenters. The van der Waals surface area contributed by atoms with E-state index in [1.165, 1.54) is 0 Å². The van der Waals surface area contributed by atoms with E-state index in [0.29, 0.717) is 29.2 Å². The van der Waals surface area contributed by atoms with Crippen LogP contribution >= 0.6 is 15.9 Å². The number of furan rings is 1. The molecule has 20 heavy (non-hydrogen) atoms. The molecule has 0 aromatic carbocycles. The van der Waals surface area contributed by atoms with Crippen LogP contribution in [0.2, 0.25) is 0 Å². The second-order valence-corrected chi connectivity index (χ2v) is 5.48. The van der Waals surface area contributed by atoms with Crippen LogP contribution in [0.1, 0.15) is 25.2 Å². The number of hydrogen-bond donors (Lipinski definition) is 2. The lowest BCUT2D eigenvalue weighted by atomic mass is 9.77. The molecule has 2 N–H and O–H groups in total. The van der Waals surface area contributed by atoms with E-state index in [4.69, 9.17) is 8.83 Å². The smallest absolute Gasteiger partial charge is 0.323 e. The van der Waals surface area contributed by atoms with E-state index in [1.54, 1.807) is 12.1 Å². The molecule has 8 heteroatoms. The third-order valence-electron chi connectivity index (χ3n) is 3.45. The van der Waals surface area contributed by atoms with Gasteiger partial charge in [0, 0.05) is 0 Å². The van der Waals surface area contributed by atoms with Crippen molar-refractivity contribution in [3.8, 4) is 11.7 Å². The highest BCUT2D eigenvalue weighted by molar-refractivity contribution is 9.10. The first kappa shape index (κ1) is 13.3. The fourth-order valence-electron chi connectivity index (χ4n) is 2.10. The van der Waals surface area contributed by atoms with Gasteiger partial charge in [0.25, 0.3) is 5.89 Å². The first-order valence-corrected chi connectivity index (χ1v) is 6.95. The lowest BCUT2D eigenvalue weighted by Gasteiger charge is -2.38. The highest BCUT2D eigenvalue weighted by atomic mass is 79.9. The number of carboxylic acid groups (broad SMARTS) is 1. The monoisotopic (exact) mass is 341 g/mol. The number of aliphatic carboxylic acids is 1. The molecular weight excluding hydrogens is 330 g/mol. The van der Waals surface area contributed by atoms with Crippen molar-refractivity contribution < 1.29 is 18.7 Å². The second-order valence-electron chi connectivity index (χ2n) is 4.70. The van der Waals surface area contributed by atoms with E-state index < -0.39 is 11.5 Å². The SMILES string of the molecule is O=C(O)C1(NCc2nnc(-c3ccc(Br)o3)o2)CCC1. The Hall–Kier alpha value is -1.67. The molecule has 2 heterocycles. The van der Waals surface area contributed by atoms with Gasteiger partial charge < -0.3 is 13.9 Å². The molecule has 0 saturated heterocycles. The van der Waals surface area contributed by atoms with Crippen molar-refractivity contribution in [3.05, 3.63) is 22.7 Å². The van der Waals surface area contributed by atoms with Gasteiger partial charge in [0.1, 0.15) is 5.54 Å². The van der Waals surface area contributed by atoms with Gasteiger partial charge in [0.15, 0.2) is 10.4 Å². The number of hydrogen-bond acceptors (Lipinski definition) is 6. The van der Waals surface area contributed by atoms with Crippen molar-refractivity contribution in [2.75, 3.05) is 0 Å². The maximum atomic E-state index is 11.2. The molecule has 106 valence electrons. The molecule has 0 amide bonds. The molecule has 0 aliphatic heterocycles. The molecule has 1 aliphatic rings. The van der Waals surface area contributed by atoms with E-state index in [0.717, 1.165) is 6.42 Å². The minimum atomic E-state index is -0.845. The Bertz CT molecular complexity index is 632. The predicted molar refractivity (Wildman–Crippen MR) is 70.8 cm³/mol. The summed E-state index contributed by atoms with van der Waals surface area (Å²) in [6, 6.07) is 3.44. The standard InChI is InChI=1S/C12H12BrN3O4/c13-8-3-2-7(19-8)10-16-15-9(20-10)6-14-12(11(17)18)4-1-5-12/h2-3,14H,1,4-6H2,(H,17,18). The van der Waals surface area contributed by atoms with Crippen LogP contribution in [0.5, 0.6) is 0 Å². The van der Waals surface area contributed by atoms with Crippen molar-refractivity contribution in [2.45, 2.75) is 31.3 Å². The zero-order valence-corrected chi connectivity index (χ0v) is 12.0. The highest BCUT2D eigenvalue weighted by Crippen LogP contribution is 2.32. The average Bonchev–Trinajstić information content (AvgIpc) is 2.96. The Kier molecular flexibility index (Phi) is 3.35. The second kappa shape index (κ2) is 5.02. The average molecular weight is 342 g/mol. The van der Waals surface area contributed by atoms with Gasteiger partial charge in [-0.25, -0.2) is 0 Å². The van der Waals surface area contributed by atoms with Crippen LogP contribution in [0.4, 0.5) is 0 Å². The normalized spacial score (nSPS) is 16.9. The number of halogens is 1. The van der Waals surface area contributed by atoms with Crippen LogP contribution in [0.25, 0.3) is 11.7 Å². The quantitative estimate of drug-likeness (QED) is 0.859. The number of nitrogens with zero attached hydrogens (tertiary/aromatic N) is 2. The van der Waals surface area contributed by atoms with Crippen LogP contribution in [0.15, 0.2) is 25.6 Å². The number of rotatable bonds is 5. The topological polar surface area (TPSA) is 101 Å². The summed E-state index contributed by atoms with van der Waals surface area (Å²) in [5.41, 5.74) is -0.845. The van der Waals surface area contributed by atoms with Crippen LogP contribution < -0.4 is 5.32 Å². The zero-order valence-electron chi connectivity index (χ0n) is 10.4. The molecule has 1 saturated carbocycles. The Morgan fingerprint density at radius 1 is 1.40 bits per heavy atom. The fourth-order valence-corrected chi connectivity index (χ4v) is 2.40. The molecule has 0 atom stereocenters. The highest BCUT2D eigenvalue weighted by Gasteiger charge is 2.44. The van der Waals surface area contributed by atoms with Gasteiger partial charge >= 0.3 is 5.97 Å². The van der Waals surface area contributed by atoms with E-state index in [2.05, 4.69) is 31.4 Å². The predicted octanol–water partition coefficient (Wildman–Crippen LogP) is 2.19. The first-order valence-electron chi connectivity index (χ1n) is 6.16. The molecular formula is C12H12BrN3O4. The first-order chi connectivity index (χ1) is 9.59. The van der Waals surface area contributed by atoms with Gasteiger partial charge in [-0.2, -0.15) is 0 Å². The molecule has 7 nitrogen and oxygen atoms in total. The van der Waals surface area contributed by atoms with Crippen LogP contribution in [0.3, 0.4) is 0 Å². The fraction of sp³-hybridized carbons (Fsp3) is 0.417. The molecule has 0 radical (unpaired) electrons. The van der Waals surface area contributed by atoms with Crippen LogP contribution in [-0.2, 0) is 11.3 Å². The summed E-state index contributed by atoms with van der Waals surface area (Å²) in [7, 11) is 0. The van der Waals surface area contributed by atoms with Crippen molar-refractivity contribution >= 4 is 21.9 Å². The summed E-state index contributed by atoms with van der Waals surface area (Å²) < 4.78 is 11.3. The van der Waals surface area contributed by atoms with Crippen molar-refractivity contribution in [1.82, 2.24) is 15.5 Å². The van der Waals surface area contributed by atoms with E-state index in [1.807, 2.05) is 0 Å². The van der Waals surface area contributed by atoms with Crippen molar-refractivity contribution in [3.63, 3.8) is 0 Å². The van der Waals surface area contributed by atoms with Gasteiger partial charge in [-0.05, 0) is 47.3 Å². The summed E-state index contributed by atoms with van der Waals surface area (Å²) in [6.45, 7) is 0.223. The maximum Gasteiger partial charge on any atom is 0.323 e. The third kappa shape index (κ3) is 2.36. The van der Waals surface area contributed by atoms with Gasteiger partial charge in [-0.3, -0.25) is 10.1 Å². The number of carbonyl (C=O) groups is 1. The van der Waals surface area contributed by atoms with Crippen LogP contribution in [0, 0.1) is 0 Å². The number of aromatic nitrogens is 2. The molecule has 2 aromatic heterocycles. The maximum absolute atomic E-state index is 11.2. The third-order valence-corrected chi connectivity index (χ3v) is 3.87. The molecule has 1 aliphatic carbocycles. The van der Waals surface area contributed by atoms with Gasteiger partial charge in [-0.15, -0.1) is 10.2 Å². The van der Waals surface area contributed by atoms with E-state index in [-0.39, 0.29) is 12.4 Å². The molecule has 0 bridgehead atoms. The Morgan fingerprint density at radius 2 is 2.20 bits per heavy atom. The number of nitrogens with one attached hydrogen (secondary N) is 1. The lowest BCUT2D eigenvalue weighted by Crippen LogP contribution is -2.56. The number of carboxylic acids is 1. The molecule has 2 aromatic rings. The van der Waals surface area contributed by atoms with E-state index >= 15 is 0 Å². The summed E-state index contributed by atoms with van der Waals surface area (Å²) in [6.07, 6.45) is 2.15. The Labute approximate surface area is 122 Å². The van der Waals surface area contributed by atoms with Gasteiger partial charge in [0.05, 0.1) is 6.54 Å². The summed E-state index contributed by atoms with van der Waals surface area (Å²) in [5, 5.41) is 19.9. The molecule has 3 rings (SSSR count). The van der Waals surface area contributed by atoms with Crippen LogP contribution in [-0.4, -0.2) is 26.8 Å². The largest absolute Gasteiger partial charge is 0.480 e. The Morgan fingerprint density at radius 3 is 2.75 bits per heavy atom. The van der Waals surface area contributed by atoms with Crippen molar-refractivity contribution in [1.29, 1.82) is 0 Å². The minimum Gasteiger partial charge on any atom is -0.480 e. The zero-order chi connectivity index (χ0) is 14.2. The summed E-state index contributed by atoms with van der Waals surface area (Å²) in [4.78, 5) is 11.2. The molecule has 1 fully saturated rings. The summed E-state index contributed by atoms with van der Waals surface area (Å²) in [5.74, 6) is 0.233. The summed E-state index contributed by atoms with van der Waals surface area (Å²) >= 11 is 3.19.